The smallest absolute Gasteiger partial charge is 0.346 e. The minimum absolute atomic E-state index is 0.491. The summed E-state index contributed by atoms with van der Waals surface area (Å²) in [5.74, 6) is -1.06. The summed E-state index contributed by atoms with van der Waals surface area (Å²) in [6.07, 6.45) is 1.73. The zero-order valence-corrected chi connectivity index (χ0v) is 12.6. The van der Waals surface area contributed by atoms with Crippen molar-refractivity contribution in [1.82, 2.24) is 4.98 Å². The van der Waals surface area contributed by atoms with E-state index >= 15 is 0 Å². The number of carbonyl (C=O) groups is 2. The molecule has 1 heterocycles. The molecule has 114 valence electrons. The number of para-hydroxylation sites is 1. The maximum Gasteiger partial charge on any atom is 0.346 e. The topological polar surface area (TPSA) is 65.5 Å². The van der Waals surface area contributed by atoms with Crippen LogP contribution in [-0.2, 0) is 27.1 Å². The maximum absolute atomic E-state index is 12.6. The highest BCUT2D eigenvalue weighted by Crippen LogP contribution is 2.30. The van der Waals surface area contributed by atoms with E-state index in [2.05, 4.69) is 9.72 Å². The van der Waals surface area contributed by atoms with Gasteiger partial charge >= 0.3 is 11.9 Å². The van der Waals surface area contributed by atoms with Crippen LogP contribution < -0.4 is 0 Å². The van der Waals surface area contributed by atoms with E-state index in [1.54, 1.807) is 0 Å². The van der Waals surface area contributed by atoms with E-state index < -0.39 is 18.0 Å². The fraction of sp³-hybridized carbons (Fsp3) is 0.353. The summed E-state index contributed by atoms with van der Waals surface area (Å²) in [4.78, 5) is 28.7. The molecule has 22 heavy (non-hydrogen) atoms. The number of methoxy groups -OCH3 is 1. The lowest BCUT2D eigenvalue weighted by molar-refractivity contribution is -0.149. The van der Waals surface area contributed by atoms with Crippen molar-refractivity contribution >= 4 is 22.8 Å². The molecule has 0 saturated carbocycles. The molecule has 3 rings (SSSR count). The summed E-state index contributed by atoms with van der Waals surface area (Å²) in [6.45, 7) is 1.51. The Kier molecular flexibility index (Phi) is 3.79. The molecule has 1 atom stereocenters. The van der Waals surface area contributed by atoms with Crippen LogP contribution in [-0.4, -0.2) is 30.1 Å². The molecule has 0 radical (unpaired) electrons. The van der Waals surface area contributed by atoms with E-state index in [9.17, 15) is 9.59 Å². The molecule has 0 aliphatic heterocycles. The van der Waals surface area contributed by atoms with E-state index in [1.807, 2.05) is 24.3 Å². The van der Waals surface area contributed by atoms with Crippen molar-refractivity contribution < 1.29 is 19.1 Å². The minimum Gasteiger partial charge on any atom is -0.466 e. The van der Waals surface area contributed by atoms with Crippen molar-refractivity contribution in [3.8, 4) is 0 Å². The SMILES string of the molecule is COC(=O)[C@@H](C)OC(=O)c1c2c(nc3ccccc13)CCC2. The Morgan fingerprint density at radius 3 is 2.77 bits per heavy atom. The molecule has 1 aliphatic carbocycles. The van der Waals surface area contributed by atoms with Gasteiger partial charge in [-0.15, -0.1) is 0 Å². The third-order valence-electron chi connectivity index (χ3n) is 3.94. The lowest BCUT2D eigenvalue weighted by Crippen LogP contribution is -2.26. The Labute approximate surface area is 128 Å². The Morgan fingerprint density at radius 1 is 1.23 bits per heavy atom. The first-order valence-corrected chi connectivity index (χ1v) is 7.31. The van der Waals surface area contributed by atoms with Gasteiger partial charge in [-0.3, -0.25) is 4.98 Å². The van der Waals surface area contributed by atoms with Crippen LogP contribution in [0.15, 0.2) is 24.3 Å². The Morgan fingerprint density at radius 2 is 2.00 bits per heavy atom. The van der Waals surface area contributed by atoms with Crippen molar-refractivity contribution in [2.45, 2.75) is 32.3 Å². The van der Waals surface area contributed by atoms with Crippen LogP contribution in [0.2, 0.25) is 0 Å². The van der Waals surface area contributed by atoms with Crippen LogP contribution in [0.5, 0.6) is 0 Å². The van der Waals surface area contributed by atoms with E-state index in [-0.39, 0.29) is 0 Å². The molecule has 5 nitrogen and oxygen atoms in total. The highest BCUT2D eigenvalue weighted by Gasteiger charge is 2.27. The molecule has 2 aromatic rings. The fourth-order valence-corrected chi connectivity index (χ4v) is 2.88. The molecule has 0 bridgehead atoms. The number of hydrogen-bond donors (Lipinski definition) is 0. The predicted molar refractivity (Wildman–Crippen MR) is 80.7 cm³/mol. The normalized spacial score (nSPS) is 14.5. The number of aryl methyl sites for hydroxylation is 1. The molecule has 0 N–H and O–H groups in total. The highest BCUT2D eigenvalue weighted by molar-refractivity contribution is 6.05. The maximum atomic E-state index is 12.6. The number of fused-ring (bicyclic) bond motifs is 2. The summed E-state index contributed by atoms with van der Waals surface area (Å²) in [6, 6.07) is 7.50. The van der Waals surface area contributed by atoms with Gasteiger partial charge < -0.3 is 9.47 Å². The molecule has 0 spiro atoms. The summed E-state index contributed by atoms with van der Waals surface area (Å²) in [5.41, 5.74) is 3.21. The van der Waals surface area contributed by atoms with Gasteiger partial charge in [0.25, 0.3) is 0 Å². The quantitative estimate of drug-likeness (QED) is 0.814. The van der Waals surface area contributed by atoms with Crippen LogP contribution in [0.1, 0.15) is 35.0 Å². The van der Waals surface area contributed by atoms with Crippen molar-refractivity contribution in [2.75, 3.05) is 7.11 Å². The monoisotopic (exact) mass is 299 g/mol. The highest BCUT2D eigenvalue weighted by atomic mass is 16.6. The van der Waals surface area contributed by atoms with Crippen molar-refractivity contribution in [2.24, 2.45) is 0 Å². The number of aromatic nitrogens is 1. The van der Waals surface area contributed by atoms with Gasteiger partial charge in [0.1, 0.15) is 0 Å². The summed E-state index contributed by atoms with van der Waals surface area (Å²) >= 11 is 0. The van der Waals surface area contributed by atoms with E-state index in [4.69, 9.17) is 4.74 Å². The molecule has 5 heteroatoms. The van der Waals surface area contributed by atoms with Crippen molar-refractivity contribution in [1.29, 1.82) is 0 Å². The van der Waals surface area contributed by atoms with Gasteiger partial charge in [-0.2, -0.15) is 0 Å². The molecule has 1 aliphatic rings. The third kappa shape index (κ3) is 2.43. The Hall–Kier alpha value is -2.43. The molecule has 0 saturated heterocycles. The van der Waals surface area contributed by atoms with Crippen LogP contribution in [0.25, 0.3) is 10.9 Å². The van der Waals surface area contributed by atoms with Gasteiger partial charge in [-0.25, -0.2) is 9.59 Å². The lowest BCUT2D eigenvalue weighted by Gasteiger charge is -2.15. The third-order valence-corrected chi connectivity index (χ3v) is 3.94. The van der Waals surface area contributed by atoms with Gasteiger partial charge in [0.15, 0.2) is 6.10 Å². The largest absolute Gasteiger partial charge is 0.466 e. The zero-order chi connectivity index (χ0) is 15.7. The van der Waals surface area contributed by atoms with Gasteiger partial charge in [-0.1, -0.05) is 18.2 Å². The Bertz CT molecular complexity index is 754. The standard InChI is InChI=1S/C17H17NO4/c1-10(16(19)21-2)22-17(20)15-11-6-3-4-8-13(11)18-14-9-5-7-12(14)15/h3-4,6,8,10H,5,7,9H2,1-2H3/t10-/m1/s1. The molecule has 0 fully saturated rings. The van der Waals surface area contributed by atoms with Crippen LogP contribution >= 0.6 is 0 Å². The number of ether oxygens (including phenoxy) is 2. The number of benzene rings is 1. The molecule has 0 unspecified atom stereocenters. The summed E-state index contributed by atoms with van der Waals surface area (Å²) < 4.78 is 9.88. The molecular weight excluding hydrogens is 282 g/mol. The van der Waals surface area contributed by atoms with Crippen molar-refractivity contribution in [3.05, 3.63) is 41.1 Å². The van der Waals surface area contributed by atoms with Crippen molar-refractivity contribution in [3.63, 3.8) is 0 Å². The fourth-order valence-electron chi connectivity index (χ4n) is 2.88. The number of nitrogens with zero attached hydrogens (tertiary/aromatic N) is 1. The number of carbonyl (C=O) groups excluding carboxylic acids is 2. The first-order chi connectivity index (χ1) is 10.6. The predicted octanol–water partition coefficient (Wildman–Crippen LogP) is 2.44. The second-order valence-corrected chi connectivity index (χ2v) is 5.35. The van der Waals surface area contributed by atoms with Gasteiger partial charge in [-0.05, 0) is 37.8 Å². The number of hydrogen-bond acceptors (Lipinski definition) is 5. The van der Waals surface area contributed by atoms with E-state index in [0.29, 0.717) is 5.56 Å². The van der Waals surface area contributed by atoms with E-state index in [0.717, 1.165) is 41.4 Å². The van der Waals surface area contributed by atoms with Crippen LogP contribution in [0, 0.1) is 0 Å². The zero-order valence-electron chi connectivity index (χ0n) is 12.6. The molecule has 1 aromatic carbocycles. The van der Waals surface area contributed by atoms with Gasteiger partial charge in [0.05, 0.1) is 18.2 Å². The average Bonchev–Trinajstić information content (AvgIpc) is 2.99. The minimum atomic E-state index is -0.929. The number of rotatable bonds is 3. The molecule has 0 amide bonds. The van der Waals surface area contributed by atoms with Crippen LogP contribution in [0.3, 0.4) is 0 Å². The molecular formula is C17H17NO4. The average molecular weight is 299 g/mol. The second-order valence-electron chi connectivity index (χ2n) is 5.35. The van der Waals surface area contributed by atoms with Gasteiger partial charge in [0, 0.05) is 11.1 Å². The Balaban J connectivity index is 2.06. The van der Waals surface area contributed by atoms with Gasteiger partial charge in [0.2, 0.25) is 0 Å². The first-order valence-electron chi connectivity index (χ1n) is 7.31. The second kappa shape index (κ2) is 5.75. The van der Waals surface area contributed by atoms with E-state index in [1.165, 1.54) is 14.0 Å². The molecule has 1 aromatic heterocycles. The summed E-state index contributed by atoms with van der Waals surface area (Å²) in [5, 5.41) is 0.769. The lowest BCUT2D eigenvalue weighted by atomic mass is 10.0. The number of pyridine rings is 1. The first kappa shape index (κ1) is 14.5. The number of esters is 2. The summed E-state index contributed by atoms with van der Waals surface area (Å²) in [7, 11) is 1.27. The van der Waals surface area contributed by atoms with Crippen LogP contribution in [0.4, 0.5) is 0 Å².